The van der Waals surface area contributed by atoms with Crippen LogP contribution in [0.4, 0.5) is 11.6 Å². The number of rotatable bonds is 8. The zero-order valence-corrected chi connectivity index (χ0v) is 18.9. The molecule has 8 heteroatoms. The summed E-state index contributed by atoms with van der Waals surface area (Å²) in [5.74, 6) is 1.18. The number of carbonyl (C=O) groups excluding carboxylic acids is 1. The van der Waals surface area contributed by atoms with Crippen LogP contribution in [0.1, 0.15) is 44.7 Å². The zero-order chi connectivity index (χ0) is 22.5. The number of unbranched alkanes of at least 4 members (excludes halogenated alkanes) is 2. The molecule has 0 saturated carbocycles. The molecule has 166 valence electrons. The van der Waals surface area contributed by atoms with E-state index in [1.54, 1.807) is 28.9 Å². The highest BCUT2D eigenvalue weighted by Crippen LogP contribution is 2.35. The van der Waals surface area contributed by atoms with Gasteiger partial charge in [-0.05, 0) is 55.3 Å². The van der Waals surface area contributed by atoms with E-state index in [-0.39, 0.29) is 5.91 Å². The van der Waals surface area contributed by atoms with Gasteiger partial charge in [0.15, 0.2) is 0 Å². The third-order valence-electron chi connectivity index (χ3n) is 5.35. The summed E-state index contributed by atoms with van der Waals surface area (Å²) in [6.07, 6.45) is 4.82. The van der Waals surface area contributed by atoms with Gasteiger partial charge in [-0.3, -0.25) is 4.79 Å². The van der Waals surface area contributed by atoms with Gasteiger partial charge >= 0.3 is 0 Å². The van der Waals surface area contributed by atoms with E-state index in [4.69, 9.17) is 16.3 Å². The molecule has 0 fully saturated rings. The Labute approximate surface area is 192 Å². The van der Waals surface area contributed by atoms with Crippen LogP contribution >= 0.6 is 11.6 Å². The average molecular weight is 452 g/mol. The van der Waals surface area contributed by atoms with Gasteiger partial charge < -0.3 is 15.4 Å². The highest BCUT2D eigenvalue weighted by atomic mass is 35.5. The Morgan fingerprint density at radius 3 is 2.62 bits per heavy atom. The fourth-order valence-corrected chi connectivity index (χ4v) is 3.84. The topological polar surface area (TPSA) is 81.1 Å². The molecule has 1 atom stereocenters. The van der Waals surface area contributed by atoms with E-state index in [0.29, 0.717) is 28.8 Å². The second-order valence-corrected chi connectivity index (χ2v) is 8.12. The molecule has 2 N–H and O–H groups in total. The molecule has 1 aromatic heterocycles. The SMILES string of the molecule is CCCCCOc1ccc([C@@H]2C(C(=O)Nc3ccc(Cl)cc3)=C(C)Nc3ncnn32)cc1. The van der Waals surface area contributed by atoms with Crippen molar-refractivity contribution in [1.29, 1.82) is 0 Å². The first-order chi connectivity index (χ1) is 15.6. The summed E-state index contributed by atoms with van der Waals surface area (Å²) in [6.45, 7) is 4.73. The van der Waals surface area contributed by atoms with Crippen molar-refractivity contribution in [1.82, 2.24) is 14.8 Å². The highest BCUT2D eigenvalue weighted by molar-refractivity contribution is 6.30. The summed E-state index contributed by atoms with van der Waals surface area (Å²) in [5.41, 5.74) is 2.87. The molecule has 4 rings (SSSR count). The molecule has 0 unspecified atom stereocenters. The number of carbonyl (C=O) groups is 1. The average Bonchev–Trinajstić information content (AvgIpc) is 3.26. The van der Waals surface area contributed by atoms with E-state index in [0.717, 1.165) is 36.3 Å². The van der Waals surface area contributed by atoms with Gasteiger partial charge in [0.2, 0.25) is 5.95 Å². The maximum Gasteiger partial charge on any atom is 0.255 e. The van der Waals surface area contributed by atoms with E-state index in [1.165, 1.54) is 6.33 Å². The Balaban J connectivity index is 1.60. The lowest BCUT2D eigenvalue weighted by molar-refractivity contribution is -0.113. The smallest absolute Gasteiger partial charge is 0.255 e. The number of ether oxygens (including phenoxy) is 1. The van der Waals surface area contributed by atoms with Gasteiger partial charge in [-0.15, -0.1) is 0 Å². The standard InChI is InChI=1S/C24H26ClN5O2/c1-3-4-5-14-32-20-12-6-17(7-13-20)22-21(16(2)28-24-26-15-27-30(22)24)23(31)29-19-10-8-18(25)9-11-19/h6-13,15,22H,3-5,14H2,1-2H3,(H,29,31)(H,26,27,28)/t22-/m1/s1. The van der Waals surface area contributed by atoms with Gasteiger partial charge in [-0.25, -0.2) is 4.68 Å². The van der Waals surface area contributed by atoms with Gasteiger partial charge in [0.05, 0.1) is 12.2 Å². The molecule has 0 saturated heterocycles. The van der Waals surface area contributed by atoms with E-state index in [9.17, 15) is 4.79 Å². The summed E-state index contributed by atoms with van der Waals surface area (Å²) in [7, 11) is 0. The summed E-state index contributed by atoms with van der Waals surface area (Å²) < 4.78 is 7.56. The van der Waals surface area contributed by atoms with E-state index >= 15 is 0 Å². The molecule has 0 spiro atoms. The lowest BCUT2D eigenvalue weighted by Gasteiger charge is -2.28. The quantitative estimate of drug-likeness (QED) is 0.446. The molecule has 1 aliphatic heterocycles. The molecule has 2 heterocycles. The molecule has 0 radical (unpaired) electrons. The summed E-state index contributed by atoms with van der Waals surface area (Å²) in [4.78, 5) is 17.6. The molecule has 1 amide bonds. The first kappa shape index (κ1) is 21.9. The summed E-state index contributed by atoms with van der Waals surface area (Å²) in [5, 5.41) is 11.1. The van der Waals surface area contributed by atoms with Crippen molar-refractivity contribution in [3.05, 3.63) is 76.7 Å². The summed E-state index contributed by atoms with van der Waals surface area (Å²) in [6, 6.07) is 14.4. The first-order valence-electron chi connectivity index (χ1n) is 10.7. The minimum Gasteiger partial charge on any atom is -0.494 e. The number of benzene rings is 2. The third-order valence-corrected chi connectivity index (χ3v) is 5.61. The van der Waals surface area contributed by atoms with Gasteiger partial charge in [-0.1, -0.05) is 43.5 Å². The largest absolute Gasteiger partial charge is 0.494 e. The predicted octanol–water partition coefficient (Wildman–Crippen LogP) is 5.43. The number of nitrogens with zero attached hydrogens (tertiary/aromatic N) is 3. The molecule has 32 heavy (non-hydrogen) atoms. The van der Waals surface area contributed by atoms with Crippen molar-refractivity contribution in [2.24, 2.45) is 0 Å². The van der Waals surface area contributed by atoms with E-state index in [1.807, 2.05) is 31.2 Å². The maximum atomic E-state index is 13.3. The lowest BCUT2D eigenvalue weighted by Crippen LogP contribution is -2.31. The van der Waals surface area contributed by atoms with Crippen LogP contribution in [0.2, 0.25) is 5.02 Å². The number of hydrogen-bond donors (Lipinski definition) is 2. The van der Waals surface area contributed by atoms with Crippen LogP contribution in [-0.2, 0) is 4.79 Å². The Morgan fingerprint density at radius 1 is 1.16 bits per heavy atom. The molecule has 0 aliphatic carbocycles. The van der Waals surface area contributed by atoms with E-state index in [2.05, 4.69) is 27.6 Å². The minimum absolute atomic E-state index is 0.219. The van der Waals surface area contributed by atoms with Gasteiger partial charge in [0.25, 0.3) is 5.91 Å². The predicted molar refractivity (Wildman–Crippen MR) is 126 cm³/mol. The third kappa shape index (κ3) is 4.78. The monoisotopic (exact) mass is 451 g/mol. The zero-order valence-electron chi connectivity index (χ0n) is 18.1. The van der Waals surface area contributed by atoms with Gasteiger partial charge in [0.1, 0.15) is 18.1 Å². The second kappa shape index (κ2) is 9.87. The Bertz CT molecular complexity index is 1110. The first-order valence-corrected chi connectivity index (χ1v) is 11.1. The molecular formula is C24H26ClN5O2. The van der Waals surface area contributed by atoms with Crippen LogP contribution < -0.4 is 15.4 Å². The van der Waals surface area contributed by atoms with Crippen LogP contribution in [0.25, 0.3) is 0 Å². The van der Waals surface area contributed by atoms with Crippen LogP contribution in [0.15, 0.2) is 66.1 Å². The second-order valence-electron chi connectivity index (χ2n) is 7.68. The number of aromatic nitrogens is 3. The fraction of sp³-hybridized carbons (Fsp3) is 0.292. The van der Waals surface area contributed by atoms with Gasteiger partial charge in [-0.2, -0.15) is 10.1 Å². The fourth-order valence-electron chi connectivity index (χ4n) is 3.71. The molecule has 7 nitrogen and oxygen atoms in total. The number of nitrogens with one attached hydrogen (secondary N) is 2. The van der Waals surface area contributed by atoms with Gasteiger partial charge in [0, 0.05) is 16.4 Å². The van der Waals surface area contributed by atoms with Crippen LogP contribution in [0.5, 0.6) is 5.75 Å². The Morgan fingerprint density at radius 2 is 1.91 bits per heavy atom. The number of halogens is 1. The van der Waals surface area contributed by atoms with Crippen molar-refractivity contribution in [2.75, 3.05) is 17.2 Å². The number of allylic oxidation sites excluding steroid dienone is 1. The molecule has 3 aromatic rings. The van der Waals surface area contributed by atoms with E-state index < -0.39 is 6.04 Å². The van der Waals surface area contributed by atoms with Crippen molar-refractivity contribution >= 4 is 29.1 Å². The number of hydrogen-bond acceptors (Lipinski definition) is 5. The summed E-state index contributed by atoms with van der Waals surface area (Å²) >= 11 is 5.97. The van der Waals surface area contributed by atoms with Crippen molar-refractivity contribution in [3.63, 3.8) is 0 Å². The molecule has 2 aromatic carbocycles. The minimum atomic E-state index is -0.421. The van der Waals surface area contributed by atoms with Crippen LogP contribution in [-0.4, -0.2) is 27.3 Å². The Hall–Kier alpha value is -3.32. The Kier molecular flexibility index (Phi) is 6.75. The number of anilines is 2. The normalized spacial score (nSPS) is 15.2. The van der Waals surface area contributed by atoms with Crippen LogP contribution in [0, 0.1) is 0 Å². The number of fused-ring (bicyclic) bond motifs is 1. The molecule has 0 bridgehead atoms. The van der Waals surface area contributed by atoms with Crippen molar-refractivity contribution in [3.8, 4) is 5.75 Å². The molecule has 1 aliphatic rings. The highest BCUT2D eigenvalue weighted by Gasteiger charge is 2.33. The maximum absolute atomic E-state index is 13.3. The van der Waals surface area contributed by atoms with Crippen molar-refractivity contribution < 1.29 is 9.53 Å². The number of amides is 1. The molecular weight excluding hydrogens is 426 g/mol. The van der Waals surface area contributed by atoms with Crippen LogP contribution in [0.3, 0.4) is 0 Å². The lowest BCUT2D eigenvalue weighted by atomic mass is 9.95. The van der Waals surface area contributed by atoms with Crippen molar-refractivity contribution in [2.45, 2.75) is 39.2 Å².